The summed E-state index contributed by atoms with van der Waals surface area (Å²) in [5, 5.41) is 2.99. The van der Waals surface area contributed by atoms with E-state index in [1.165, 1.54) is 7.11 Å². The number of amides is 1. The highest BCUT2D eigenvalue weighted by Gasteiger charge is 2.51. The van der Waals surface area contributed by atoms with Gasteiger partial charge in [0.1, 0.15) is 17.8 Å². The fourth-order valence-electron chi connectivity index (χ4n) is 4.54. The molecule has 0 heterocycles. The van der Waals surface area contributed by atoms with E-state index >= 15 is 0 Å². The van der Waals surface area contributed by atoms with Crippen molar-refractivity contribution in [2.45, 2.75) is 18.1 Å². The molecule has 6 heteroatoms. The second kappa shape index (κ2) is 11.9. The lowest BCUT2D eigenvalue weighted by atomic mass is 9.67. The summed E-state index contributed by atoms with van der Waals surface area (Å²) in [6.45, 7) is 0.0906. The molecule has 0 aromatic heterocycles. The third kappa shape index (κ3) is 5.48. The van der Waals surface area contributed by atoms with Crippen molar-refractivity contribution in [2.24, 2.45) is 0 Å². The molecule has 188 valence electrons. The highest BCUT2D eigenvalue weighted by molar-refractivity contribution is 5.90. The Hall–Kier alpha value is -4.58. The van der Waals surface area contributed by atoms with Crippen LogP contribution < -0.4 is 10.1 Å². The summed E-state index contributed by atoms with van der Waals surface area (Å²) in [6, 6.07) is 34.4. The van der Waals surface area contributed by atoms with Gasteiger partial charge < -0.3 is 19.5 Å². The second-order valence-corrected chi connectivity index (χ2v) is 8.44. The Morgan fingerprint density at radius 3 is 1.84 bits per heavy atom. The van der Waals surface area contributed by atoms with Gasteiger partial charge in [0.15, 0.2) is 0 Å². The molecule has 0 saturated carbocycles. The van der Waals surface area contributed by atoms with Gasteiger partial charge in [0, 0.05) is 0 Å². The highest BCUT2D eigenvalue weighted by atomic mass is 16.5. The van der Waals surface area contributed by atoms with Crippen LogP contribution in [-0.2, 0) is 26.3 Å². The van der Waals surface area contributed by atoms with E-state index in [2.05, 4.69) is 5.32 Å². The first-order chi connectivity index (χ1) is 18.1. The molecule has 0 spiro atoms. The van der Waals surface area contributed by atoms with E-state index in [0.717, 1.165) is 5.56 Å². The number of esters is 1. The van der Waals surface area contributed by atoms with E-state index in [1.807, 2.05) is 103 Å². The molecule has 4 aromatic rings. The number of hydrogen-bond donors (Lipinski definition) is 1. The number of methoxy groups -OCH3 is 2. The van der Waals surface area contributed by atoms with Crippen LogP contribution in [0.1, 0.15) is 28.3 Å². The SMILES string of the molecule is COC(=O)[C@@](c1ccccc1)(c1ccc(OC)cc1)[C@@H](NC(=O)OCc1ccccc1)c1ccccc1. The molecule has 4 rings (SSSR count). The van der Waals surface area contributed by atoms with Crippen LogP contribution in [0.25, 0.3) is 0 Å². The molecule has 0 saturated heterocycles. The van der Waals surface area contributed by atoms with Gasteiger partial charge in [-0.1, -0.05) is 103 Å². The van der Waals surface area contributed by atoms with Crippen LogP contribution in [0.3, 0.4) is 0 Å². The average molecular weight is 496 g/mol. The fourth-order valence-corrected chi connectivity index (χ4v) is 4.54. The Morgan fingerprint density at radius 1 is 0.730 bits per heavy atom. The summed E-state index contributed by atoms with van der Waals surface area (Å²) in [7, 11) is 2.93. The van der Waals surface area contributed by atoms with Gasteiger partial charge in [-0.2, -0.15) is 0 Å². The molecule has 1 amide bonds. The summed E-state index contributed by atoms with van der Waals surface area (Å²) in [5.41, 5.74) is 1.42. The maximum Gasteiger partial charge on any atom is 0.408 e. The van der Waals surface area contributed by atoms with Crippen molar-refractivity contribution in [1.82, 2.24) is 5.32 Å². The number of alkyl carbamates (subject to hydrolysis) is 1. The van der Waals surface area contributed by atoms with E-state index < -0.39 is 23.5 Å². The summed E-state index contributed by atoms with van der Waals surface area (Å²) in [5.74, 6) is 0.114. The number of nitrogens with one attached hydrogen (secondary N) is 1. The Kier molecular flexibility index (Phi) is 8.21. The van der Waals surface area contributed by atoms with Crippen LogP contribution in [0.5, 0.6) is 5.75 Å². The summed E-state index contributed by atoms with van der Waals surface area (Å²) in [4.78, 5) is 27.1. The minimum atomic E-state index is -1.44. The topological polar surface area (TPSA) is 73.9 Å². The average Bonchev–Trinajstić information content (AvgIpc) is 2.97. The minimum absolute atomic E-state index is 0.0906. The molecule has 0 radical (unpaired) electrons. The number of carbonyl (C=O) groups is 2. The van der Waals surface area contributed by atoms with Crippen molar-refractivity contribution < 1.29 is 23.8 Å². The molecule has 0 unspecified atom stereocenters. The van der Waals surface area contributed by atoms with Gasteiger partial charge >= 0.3 is 12.1 Å². The third-order valence-electron chi connectivity index (χ3n) is 6.32. The Balaban J connectivity index is 1.86. The Labute approximate surface area is 216 Å². The molecule has 2 atom stereocenters. The van der Waals surface area contributed by atoms with Crippen LogP contribution in [-0.4, -0.2) is 26.3 Å². The summed E-state index contributed by atoms with van der Waals surface area (Å²) >= 11 is 0. The van der Waals surface area contributed by atoms with Gasteiger partial charge in [0.2, 0.25) is 0 Å². The fraction of sp³-hybridized carbons (Fsp3) is 0.161. The van der Waals surface area contributed by atoms with Crippen molar-refractivity contribution in [3.8, 4) is 5.75 Å². The van der Waals surface area contributed by atoms with E-state index in [0.29, 0.717) is 22.4 Å². The molecule has 4 aromatic carbocycles. The number of rotatable bonds is 9. The lowest BCUT2D eigenvalue weighted by Gasteiger charge is -2.39. The molecule has 37 heavy (non-hydrogen) atoms. The number of hydrogen-bond acceptors (Lipinski definition) is 5. The molecule has 0 aliphatic carbocycles. The summed E-state index contributed by atoms with van der Waals surface area (Å²) in [6.07, 6.45) is -0.657. The van der Waals surface area contributed by atoms with Crippen LogP contribution in [0.15, 0.2) is 115 Å². The molecule has 0 aliphatic heterocycles. The van der Waals surface area contributed by atoms with Gasteiger partial charge in [0.05, 0.1) is 20.3 Å². The van der Waals surface area contributed by atoms with Crippen LogP contribution in [0.2, 0.25) is 0 Å². The largest absolute Gasteiger partial charge is 0.497 e. The van der Waals surface area contributed by atoms with Gasteiger partial charge in [-0.15, -0.1) is 0 Å². The van der Waals surface area contributed by atoms with Crippen molar-refractivity contribution in [1.29, 1.82) is 0 Å². The standard InChI is InChI=1S/C31H29NO5/c1-35-27-20-18-26(19-21-27)31(29(33)36-2,25-16-10-5-11-17-25)28(24-14-8-4-9-15-24)32-30(34)37-22-23-12-6-3-7-13-23/h3-21,28H,22H2,1-2H3,(H,32,34)/t28-,31-/m0/s1. The van der Waals surface area contributed by atoms with Crippen molar-refractivity contribution >= 4 is 12.1 Å². The maximum atomic E-state index is 13.9. The molecule has 0 aliphatic rings. The molecule has 1 N–H and O–H groups in total. The normalized spacial score (nSPS) is 13.0. The smallest absolute Gasteiger partial charge is 0.408 e. The number of benzene rings is 4. The highest BCUT2D eigenvalue weighted by Crippen LogP contribution is 2.45. The van der Waals surface area contributed by atoms with Gasteiger partial charge in [-0.05, 0) is 34.4 Å². The summed E-state index contributed by atoms with van der Waals surface area (Å²) < 4.78 is 16.4. The van der Waals surface area contributed by atoms with Gasteiger partial charge in [0.25, 0.3) is 0 Å². The first kappa shape index (κ1) is 25.5. The van der Waals surface area contributed by atoms with E-state index in [9.17, 15) is 9.59 Å². The first-order valence-electron chi connectivity index (χ1n) is 11.9. The zero-order valence-corrected chi connectivity index (χ0v) is 20.8. The molecular weight excluding hydrogens is 466 g/mol. The van der Waals surface area contributed by atoms with Gasteiger partial charge in [-0.25, -0.2) is 4.79 Å². The zero-order chi connectivity index (χ0) is 26.1. The lowest BCUT2D eigenvalue weighted by molar-refractivity contribution is -0.147. The van der Waals surface area contributed by atoms with E-state index in [4.69, 9.17) is 14.2 Å². The van der Waals surface area contributed by atoms with E-state index in [-0.39, 0.29) is 6.61 Å². The van der Waals surface area contributed by atoms with Crippen molar-refractivity contribution in [2.75, 3.05) is 14.2 Å². The number of carbonyl (C=O) groups excluding carboxylic acids is 2. The molecule has 6 nitrogen and oxygen atoms in total. The molecule has 0 bridgehead atoms. The Bertz CT molecular complexity index is 1290. The lowest BCUT2D eigenvalue weighted by Crippen LogP contribution is -2.50. The monoisotopic (exact) mass is 495 g/mol. The third-order valence-corrected chi connectivity index (χ3v) is 6.32. The molecular formula is C31H29NO5. The maximum absolute atomic E-state index is 13.9. The number of ether oxygens (including phenoxy) is 3. The van der Waals surface area contributed by atoms with E-state index in [1.54, 1.807) is 19.2 Å². The predicted octanol–water partition coefficient (Wildman–Crippen LogP) is 5.82. The Morgan fingerprint density at radius 2 is 1.27 bits per heavy atom. The molecule has 0 fully saturated rings. The van der Waals surface area contributed by atoms with Crippen LogP contribution in [0.4, 0.5) is 4.79 Å². The van der Waals surface area contributed by atoms with Gasteiger partial charge in [-0.3, -0.25) is 4.79 Å². The van der Waals surface area contributed by atoms with Crippen molar-refractivity contribution in [3.05, 3.63) is 138 Å². The predicted molar refractivity (Wildman–Crippen MR) is 141 cm³/mol. The van der Waals surface area contributed by atoms with Crippen molar-refractivity contribution in [3.63, 3.8) is 0 Å². The first-order valence-corrected chi connectivity index (χ1v) is 11.9. The van der Waals surface area contributed by atoms with Crippen LogP contribution in [0, 0.1) is 0 Å². The minimum Gasteiger partial charge on any atom is -0.497 e. The second-order valence-electron chi connectivity index (χ2n) is 8.44. The van der Waals surface area contributed by atoms with Crippen LogP contribution >= 0.6 is 0 Å². The zero-order valence-electron chi connectivity index (χ0n) is 20.8. The quantitative estimate of drug-likeness (QED) is 0.296.